The van der Waals surface area contributed by atoms with Crippen molar-refractivity contribution in [2.24, 2.45) is 0 Å². The molecule has 0 aliphatic carbocycles. The molecule has 2 aliphatic heterocycles. The van der Waals surface area contributed by atoms with E-state index in [-0.39, 0.29) is 16.1 Å². The van der Waals surface area contributed by atoms with Gasteiger partial charge < -0.3 is 10.2 Å². The first-order valence-electron chi connectivity index (χ1n) is 8.08. The third kappa shape index (κ3) is 4.04. The number of piperidine rings is 1. The van der Waals surface area contributed by atoms with Gasteiger partial charge >= 0.3 is 0 Å². The zero-order valence-electron chi connectivity index (χ0n) is 13.3. The molecule has 1 aromatic carbocycles. The average molecular weight is 346 g/mol. The fourth-order valence-corrected chi connectivity index (χ4v) is 3.70. The molecule has 0 radical (unpaired) electrons. The van der Waals surface area contributed by atoms with Crippen LogP contribution < -0.4 is 10.2 Å². The lowest BCUT2D eigenvalue weighted by Gasteiger charge is -2.26. The van der Waals surface area contributed by atoms with E-state index >= 15 is 0 Å². The zero-order valence-corrected chi connectivity index (χ0v) is 14.1. The van der Waals surface area contributed by atoms with Gasteiger partial charge in [-0.3, -0.25) is 14.4 Å². The maximum atomic E-state index is 12.4. The lowest BCUT2D eigenvalue weighted by Crippen LogP contribution is -3.14. The summed E-state index contributed by atoms with van der Waals surface area (Å²) in [5.74, 6) is -0.775. The largest absolute Gasteiger partial charge is 0.322 e. The molecule has 2 saturated heterocycles. The minimum absolute atomic E-state index is 0.185. The van der Waals surface area contributed by atoms with Crippen LogP contribution in [0.3, 0.4) is 0 Å². The highest BCUT2D eigenvalue weighted by Gasteiger charge is 2.38. The van der Waals surface area contributed by atoms with E-state index in [2.05, 4.69) is 5.32 Å². The van der Waals surface area contributed by atoms with Crippen LogP contribution in [0.1, 0.15) is 19.3 Å². The SMILES string of the molecule is O=C(/C=C1\SC(=O)N(C[NH+]2CCCCC2)C1=O)Nc1ccccc1. The number of imide groups is 1. The van der Waals surface area contributed by atoms with Gasteiger partial charge in [0.15, 0.2) is 6.67 Å². The molecule has 2 N–H and O–H groups in total. The first-order chi connectivity index (χ1) is 11.6. The molecular weight excluding hydrogens is 326 g/mol. The predicted molar refractivity (Wildman–Crippen MR) is 92.4 cm³/mol. The number of quaternary nitrogens is 1. The topological polar surface area (TPSA) is 70.9 Å². The van der Waals surface area contributed by atoms with E-state index in [0.717, 1.165) is 37.7 Å². The Kier molecular flexibility index (Phi) is 5.32. The van der Waals surface area contributed by atoms with Gasteiger partial charge in [0.05, 0.1) is 18.0 Å². The van der Waals surface area contributed by atoms with Crippen LogP contribution in [-0.4, -0.2) is 41.7 Å². The van der Waals surface area contributed by atoms with E-state index in [1.54, 1.807) is 12.1 Å². The van der Waals surface area contributed by atoms with E-state index in [0.29, 0.717) is 12.4 Å². The summed E-state index contributed by atoms with van der Waals surface area (Å²) in [6.07, 6.45) is 4.68. The van der Waals surface area contributed by atoms with Gasteiger partial charge in [-0.05, 0) is 43.2 Å². The van der Waals surface area contributed by atoms with Crippen molar-refractivity contribution in [1.82, 2.24) is 4.90 Å². The van der Waals surface area contributed by atoms with Crippen LogP contribution in [0, 0.1) is 0 Å². The molecule has 24 heavy (non-hydrogen) atoms. The third-order valence-corrected chi connectivity index (χ3v) is 5.03. The second-order valence-electron chi connectivity index (χ2n) is 5.93. The summed E-state index contributed by atoms with van der Waals surface area (Å²) in [6.45, 7) is 2.35. The minimum Gasteiger partial charge on any atom is -0.322 e. The van der Waals surface area contributed by atoms with Crippen LogP contribution in [0.5, 0.6) is 0 Å². The summed E-state index contributed by atoms with van der Waals surface area (Å²) in [7, 11) is 0. The number of carbonyl (C=O) groups excluding carboxylic acids is 3. The fraction of sp³-hybridized carbons (Fsp3) is 0.353. The highest BCUT2D eigenvalue weighted by atomic mass is 32.2. The number of nitrogens with one attached hydrogen (secondary N) is 2. The Morgan fingerprint density at radius 2 is 1.88 bits per heavy atom. The number of benzene rings is 1. The van der Waals surface area contributed by atoms with Crippen molar-refractivity contribution < 1.29 is 19.3 Å². The molecule has 6 nitrogen and oxygen atoms in total. The van der Waals surface area contributed by atoms with Crippen LogP contribution in [-0.2, 0) is 9.59 Å². The quantitative estimate of drug-likeness (QED) is 0.805. The smallest absolute Gasteiger partial charge is 0.298 e. The van der Waals surface area contributed by atoms with Crippen molar-refractivity contribution in [3.8, 4) is 0 Å². The van der Waals surface area contributed by atoms with Crippen molar-refractivity contribution in [3.05, 3.63) is 41.3 Å². The molecule has 0 bridgehead atoms. The van der Waals surface area contributed by atoms with E-state index in [9.17, 15) is 14.4 Å². The molecule has 0 atom stereocenters. The maximum Gasteiger partial charge on any atom is 0.298 e. The second kappa shape index (κ2) is 7.63. The molecular formula is C17H20N3O3S+. The summed E-state index contributed by atoms with van der Waals surface area (Å²) in [4.78, 5) is 39.2. The van der Waals surface area contributed by atoms with Crippen LogP contribution >= 0.6 is 11.8 Å². The average Bonchev–Trinajstić information content (AvgIpc) is 2.84. The number of hydrogen-bond donors (Lipinski definition) is 2. The minimum atomic E-state index is -0.406. The molecule has 7 heteroatoms. The molecule has 3 amide bonds. The second-order valence-corrected chi connectivity index (χ2v) is 6.93. The van der Waals surface area contributed by atoms with Gasteiger partial charge in [0.25, 0.3) is 11.1 Å². The molecule has 2 fully saturated rings. The van der Waals surface area contributed by atoms with E-state index in [4.69, 9.17) is 0 Å². The number of amides is 3. The number of nitrogens with zero attached hydrogens (tertiary/aromatic N) is 1. The molecule has 2 aliphatic rings. The number of rotatable bonds is 4. The van der Waals surface area contributed by atoms with Crippen molar-refractivity contribution in [2.75, 3.05) is 25.1 Å². The predicted octanol–water partition coefficient (Wildman–Crippen LogP) is 1.23. The van der Waals surface area contributed by atoms with Gasteiger partial charge in [-0.2, -0.15) is 0 Å². The third-order valence-electron chi connectivity index (χ3n) is 4.12. The lowest BCUT2D eigenvalue weighted by atomic mass is 10.1. The summed E-state index contributed by atoms with van der Waals surface area (Å²) >= 11 is 0.834. The van der Waals surface area contributed by atoms with Crippen LogP contribution in [0.2, 0.25) is 0 Å². The number of carbonyl (C=O) groups is 3. The summed E-state index contributed by atoms with van der Waals surface area (Å²) < 4.78 is 0. The summed E-state index contributed by atoms with van der Waals surface area (Å²) in [5, 5.41) is 2.39. The number of thioether (sulfide) groups is 1. The standard InChI is InChI=1S/C17H19N3O3S/c21-15(18-13-7-3-1-4-8-13)11-14-16(22)20(17(23)24-14)12-19-9-5-2-6-10-19/h1,3-4,7-8,11H,2,5-6,9-10,12H2,(H,18,21)/p+1/b14-11-. The van der Waals surface area contributed by atoms with Gasteiger partial charge in [0, 0.05) is 11.8 Å². The Morgan fingerprint density at radius 3 is 2.58 bits per heavy atom. The van der Waals surface area contributed by atoms with Gasteiger partial charge in [-0.15, -0.1) is 0 Å². The Hall–Kier alpha value is -2.12. The Morgan fingerprint density at radius 1 is 1.17 bits per heavy atom. The molecule has 3 rings (SSSR count). The summed E-state index contributed by atoms with van der Waals surface area (Å²) in [6, 6.07) is 8.99. The van der Waals surface area contributed by atoms with Crippen molar-refractivity contribution >= 4 is 34.5 Å². The summed E-state index contributed by atoms with van der Waals surface area (Å²) in [5.41, 5.74) is 0.649. The lowest BCUT2D eigenvalue weighted by molar-refractivity contribution is -0.912. The van der Waals surface area contributed by atoms with Crippen molar-refractivity contribution in [1.29, 1.82) is 0 Å². The Bertz CT molecular complexity index is 669. The Balaban J connectivity index is 1.63. The molecule has 0 unspecified atom stereocenters. The number of anilines is 1. The molecule has 2 heterocycles. The van der Waals surface area contributed by atoms with Crippen molar-refractivity contribution in [3.63, 3.8) is 0 Å². The highest BCUT2D eigenvalue weighted by molar-refractivity contribution is 8.18. The van der Waals surface area contributed by atoms with Crippen molar-refractivity contribution in [2.45, 2.75) is 19.3 Å². The van der Waals surface area contributed by atoms with E-state index in [1.165, 1.54) is 22.3 Å². The number of hydrogen-bond acceptors (Lipinski definition) is 4. The normalized spacial score (nSPS) is 20.7. The molecule has 126 valence electrons. The number of likely N-dealkylation sites (tertiary alicyclic amines) is 1. The van der Waals surface area contributed by atoms with E-state index < -0.39 is 5.91 Å². The molecule has 0 spiro atoms. The number of para-hydroxylation sites is 1. The van der Waals surface area contributed by atoms with Gasteiger partial charge in [0.2, 0.25) is 5.91 Å². The van der Waals surface area contributed by atoms with Crippen LogP contribution in [0.4, 0.5) is 10.5 Å². The maximum absolute atomic E-state index is 12.4. The van der Waals surface area contributed by atoms with E-state index in [1.807, 2.05) is 18.2 Å². The fourth-order valence-electron chi connectivity index (χ4n) is 2.89. The zero-order chi connectivity index (χ0) is 16.9. The highest BCUT2D eigenvalue weighted by Crippen LogP contribution is 2.29. The monoisotopic (exact) mass is 346 g/mol. The van der Waals surface area contributed by atoms with Crippen LogP contribution in [0.25, 0.3) is 0 Å². The first-order valence-corrected chi connectivity index (χ1v) is 8.90. The van der Waals surface area contributed by atoms with Crippen LogP contribution in [0.15, 0.2) is 41.3 Å². The van der Waals surface area contributed by atoms with Gasteiger partial charge in [-0.1, -0.05) is 18.2 Å². The van der Waals surface area contributed by atoms with Gasteiger partial charge in [-0.25, -0.2) is 4.90 Å². The first kappa shape index (κ1) is 16.7. The Labute approximate surface area is 144 Å². The molecule has 0 aromatic heterocycles. The molecule has 0 saturated carbocycles. The van der Waals surface area contributed by atoms with Gasteiger partial charge in [0.1, 0.15) is 0 Å². The molecule has 1 aromatic rings.